The van der Waals surface area contributed by atoms with Gasteiger partial charge >= 0.3 is 5.97 Å². The smallest absolute Gasteiger partial charge is 0.314 e. The molecule has 0 aliphatic heterocycles. The van der Waals surface area contributed by atoms with Gasteiger partial charge in [0, 0.05) is 18.0 Å². The molecule has 0 radical (unpaired) electrons. The maximum atomic E-state index is 12.4. The number of hydrogen-bond donors (Lipinski definition) is 0. The molecule has 0 N–H and O–H groups in total. The monoisotopic (exact) mass is 278 g/mol. The molecule has 0 aliphatic carbocycles. The predicted molar refractivity (Wildman–Crippen MR) is 79.4 cm³/mol. The van der Waals surface area contributed by atoms with Gasteiger partial charge in [0.05, 0.1) is 5.92 Å². The fourth-order valence-corrected chi connectivity index (χ4v) is 1.91. The summed E-state index contributed by atoms with van der Waals surface area (Å²) < 4.78 is 5.54. The Morgan fingerprint density at radius 2 is 1.65 bits per heavy atom. The van der Waals surface area contributed by atoms with E-state index in [4.69, 9.17) is 4.74 Å². The lowest BCUT2D eigenvalue weighted by Gasteiger charge is -2.28. The summed E-state index contributed by atoms with van der Waals surface area (Å²) in [5.74, 6) is 0.169. The summed E-state index contributed by atoms with van der Waals surface area (Å²) in [4.78, 5) is 20.8. The highest BCUT2D eigenvalue weighted by atomic mass is 16.6. The number of hydrogen-bond acceptors (Lipinski definition) is 4. The Labute approximate surface area is 122 Å². The summed E-state index contributed by atoms with van der Waals surface area (Å²) in [6, 6.07) is 0. The van der Waals surface area contributed by atoms with Crippen LogP contribution in [0.2, 0.25) is 0 Å². The van der Waals surface area contributed by atoms with Crippen molar-refractivity contribution in [2.24, 2.45) is 5.41 Å². The average Bonchev–Trinajstić information content (AvgIpc) is 2.23. The minimum Gasteiger partial charge on any atom is -0.459 e. The molecule has 20 heavy (non-hydrogen) atoms. The summed E-state index contributed by atoms with van der Waals surface area (Å²) in [6.45, 7) is 13.8. The molecule has 1 atom stereocenters. The van der Waals surface area contributed by atoms with Crippen molar-refractivity contribution in [3.8, 4) is 0 Å². The molecule has 1 heterocycles. The molecule has 0 unspecified atom stereocenters. The van der Waals surface area contributed by atoms with Crippen LogP contribution in [0.3, 0.4) is 0 Å². The van der Waals surface area contributed by atoms with Crippen LogP contribution < -0.4 is 0 Å². The molecule has 1 aromatic rings. The van der Waals surface area contributed by atoms with Crippen LogP contribution in [0, 0.1) is 12.3 Å². The lowest BCUT2D eigenvalue weighted by atomic mass is 9.82. The Bertz CT molecular complexity index is 453. The summed E-state index contributed by atoms with van der Waals surface area (Å²) in [7, 11) is 0. The molecule has 112 valence electrons. The van der Waals surface area contributed by atoms with Gasteiger partial charge in [0.1, 0.15) is 11.4 Å². The summed E-state index contributed by atoms with van der Waals surface area (Å²) in [5.41, 5.74) is 0.352. The minimum absolute atomic E-state index is 0.0203. The predicted octanol–water partition coefficient (Wildman–Crippen LogP) is 3.65. The standard InChI is InChI=1S/C16H26N2O2/c1-11-17-9-12(10-18-11)13(8-15(2,3)4)14(19)20-16(5,6)7/h9-10,13H,8H2,1-7H3/t13-/m1/s1. The fourth-order valence-electron chi connectivity index (χ4n) is 1.91. The van der Waals surface area contributed by atoms with Crippen molar-refractivity contribution in [1.82, 2.24) is 9.97 Å². The molecule has 0 bridgehead atoms. The molecule has 0 fully saturated rings. The number of aromatic nitrogens is 2. The van der Waals surface area contributed by atoms with Gasteiger partial charge in [0.15, 0.2) is 0 Å². The first kappa shape index (κ1) is 16.6. The van der Waals surface area contributed by atoms with E-state index in [-0.39, 0.29) is 17.3 Å². The lowest BCUT2D eigenvalue weighted by Crippen LogP contribution is -2.30. The summed E-state index contributed by atoms with van der Waals surface area (Å²) in [5, 5.41) is 0. The maximum absolute atomic E-state index is 12.4. The third-order valence-electron chi connectivity index (χ3n) is 2.71. The minimum atomic E-state index is -0.487. The zero-order valence-corrected chi connectivity index (χ0v) is 13.7. The van der Waals surface area contributed by atoms with E-state index in [0.717, 1.165) is 5.56 Å². The highest BCUT2D eigenvalue weighted by Crippen LogP contribution is 2.32. The quantitative estimate of drug-likeness (QED) is 0.792. The molecule has 0 saturated heterocycles. The van der Waals surface area contributed by atoms with Gasteiger partial charge in [0.25, 0.3) is 0 Å². The largest absolute Gasteiger partial charge is 0.459 e. The Balaban J connectivity index is 3.02. The van der Waals surface area contributed by atoms with Crippen molar-refractivity contribution in [3.05, 3.63) is 23.8 Å². The van der Waals surface area contributed by atoms with Crippen LogP contribution in [-0.2, 0) is 9.53 Å². The first-order valence-corrected chi connectivity index (χ1v) is 6.99. The molecular formula is C16H26N2O2. The highest BCUT2D eigenvalue weighted by molar-refractivity contribution is 5.78. The number of nitrogens with zero attached hydrogens (tertiary/aromatic N) is 2. The van der Waals surface area contributed by atoms with Crippen LogP contribution in [-0.4, -0.2) is 21.5 Å². The van der Waals surface area contributed by atoms with Crippen LogP contribution in [0.25, 0.3) is 0 Å². The van der Waals surface area contributed by atoms with E-state index in [2.05, 4.69) is 30.7 Å². The summed E-state index contributed by atoms with van der Waals surface area (Å²) >= 11 is 0. The molecule has 0 saturated carbocycles. The lowest BCUT2D eigenvalue weighted by molar-refractivity contribution is -0.157. The Hall–Kier alpha value is -1.45. The van der Waals surface area contributed by atoms with E-state index in [1.54, 1.807) is 12.4 Å². The molecule has 0 aromatic carbocycles. The number of aryl methyl sites for hydroxylation is 1. The van der Waals surface area contributed by atoms with E-state index in [1.807, 2.05) is 27.7 Å². The van der Waals surface area contributed by atoms with Crippen molar-refractivity contribution in [3.63, 3.8) is 0 Å². The molecule has 0 amide bonds. The molecule has 0 spiro atoms. The molecular weight excluding hydrogens is 252 g/mol. The molecule has 1 rings (SSSR count). The van der Waals surface area contributed by atoms with Crippen molar-refractivity contribution in [1.29, 1.82) is 0 Å². The van der Waals surface area contributed by atoms with E-state index >= 15 is 0 Å². The van der Waals surface area contributed by atoms with Crippen LogP contribution >= 0.6 is 0 Å². The highest BCUT2D eigenvalue weighted by Gasteiger charge is 2.30. The van der Waals surface area contributed by atoms with Crippen molar-refractivity contribution >= 4 is 5.97 Å². The average molecular weight is 278 g/mol. The number of carbonyl (C=O) groups is 1. The van der Waals surface area contributed by atoms with Crippen LogP contribution in [0.1, 0.15) is 65.3 Å². The number of carbonyl (C=O) groups excluding carboxylic acids is 1. The third kappa shape index (κ3) is 5.68. The van der Waals surface area contributed by atoms with Gasteiger partial charge in [0.2, 0.25) is 0 Å². The Kier molecular flexibility index (Phi) is 4.90. The maximum Gasteiger partial charge on any atom is 0.314 e. The normalized spacial score (nSPS) is 13.9. The van der Waals surface area contributed by atoms with Gasteiger partial charge < -0.3 is 4.74 Å². The van der Waals surface area contributed by atoms with Crippen LogP contribution in [0.5, 0.6) is 0 Å². The second kappa shape index (κ2) is 5.90. The number of esters is 1. The van der Waals surface area contributed by atoms with E-state index in [0.29, 0.717) is 12.2 Å². The van der Waals surface area contributed by atoms with Gasteiger partial charge in [-0.05, 0) is 39.5 Å². The van der Waals surface area contributed by atoms with Gasteiger partial charge in [-0.25, -0.2) is 9.97 Å². The second-order valence-corrected chi connectivity index (χ2v) is 7.41. The number of rotatable bonds is 3. The topological polar surface area (TPSA) is 52.1 Å². The zero-order valence-electron chi connectivity index (χ0n) is 13.7. The summed E-state index contributed by atoms with van der Waals surface area (Å²) in [6.07, 6.45) is 4.15. The van der Waals surface area contributed by atoms with E-state index < -0.39 is 5.60 Å². The number of ether oxygens (including phenoxy) is 1. The van der Waals surface area contributed by atoms with Crippen molar-refractivity contribution < 1.29 is 9.53 Å². The van der Waals surface area contributed by atoms with Gasteiger partial charge in [-0.3, -0.25) is 4.79 Å². The van der Waals surface area contributed by atoms with Gasteiger partial charge in [-0.15, -0.1) is 0 Å². The van der Waals surface area contributed by atoms with Crippen molar-refractivity contribution in [2.45, 2.75) is 66.4 Å². The zero-order chi connectivity index (χ0) is 15.6. The molecule has 4 nitrogen and oxygen atoms in total. The van der Waals surface area contributed by atoms with E-state index in [9.17, 15) is 4.79 Å². The first-order valence-electron chi connectivity index (χ1n) is 6.99. The Morgan fingerprint density at radius 1 is 1.15 bits per heavy atom. The Morgan fingerprint density at radius 3 is 2.05 bits per heavy atom. The van der Waals surface area contributed by atoms with E-state index in [1.165, 1.54) is 0 Å². The second-order valence-electron chi connectivity index (χ2n) is 7.41. The van der Waals surface area contributed by atoms with Gasteiger partial charge in [-0.2, -0.15) is 0 Å². The van der Waals surface area contributed by atoms with Crippen molar-refractivity contribution in [2.75, 3.05) is 0 Å². The SMILES string of the molecule is Cc1ncc([C@@H](CC(C)(C)C)C(=O)OC(C)(C)C)cn1. The molecule has 0 aliphatic rings. The van der Waals surface area contributed by atoms with Gasteiger partial charge in [-0.1, -0.05) is 20.8 Å². The van der Waals surface area contributed by atoms with Crippen LogP contribution in [0.15, 0.2) is 12.4 Å². The molecule has 4 heteroatoms. The molecule has 1 aromatic heterocycles. The first-order chi connectivity index (χ1) is 8.98. The van der Waals surface area contributed by atoms with Crippen LogP contribution in [0.4, 0.5) is 0 Å². The fraction of sp³-hybridized carbons (Fsp3) is 0.688. The third-order valence-corrected chi connectivity index (χ3v) is 2.71.